The van der Waals surface area contributed by atoms with Gasteiger partial charge in [0.2, 0.25) is 0 Å². The molecule has 0 N–H and O–H groups in total. The zero-order chi connectivity index (χ0) is 11.8. The van der Waals surface area contributed by atoms with Crippen LogP contribution in [0, 0.1) is 0 Å². The normalized spacial score (nSPS) is 17.6. The van der Waals surface area contributed by atoms with E-state index in [1.807, 2.05) is 19.9 Å². The van der Waals surface area contributed by atoms with E-state index in [1.54, 1.807) is 0 Å². The van der Waals surface area contributed by atoms with Crippen LogP contribution in [0.3, 0.4) is 0 Å². The van der Waals surface area contributed by atoms with Crippen LogP contribution in [-0.2, 0) is 17.3 Å². The largest absolute Gasteiger partial charge is 0.297 e. The highest BCUT2D eigenvalue weighted by Crippen LogP contribution is 2.07. The maximum absolute atomic E-state index is 11.1. The minimum Gasteiger partial charge on any atom is -0.297 e. The van der Waals surface area contributed by atoms with Gasteiger partial charge in [0, 0.05) is 41.9 Å². The fourth-order valence-electron chi connectivity index (χ4n) is 1.68. The molecule has 1 saturated heterocycles. The number of hydrogen-bond acceptors (Lipinski definition) is 2. The molecule has 1 heterocycles. The zero-order valence-corrected chi connectivity index (χ0v) is 11.0. The SMILES string of the molecule is CC.O=S1CCN(Cc2ccccc2)CC1. The predicted molar refractivity (Wildman–Crippen MR) is 70.9 cm³/mol. The van der Waals surface area contributed by atoms with Gasteiger partial charge in [-0.1, -0.05) is 44.2 Å². The van der Waals surface area contributed by atoms with Gasteiger partial charge in [-0.15, -0.1) is 0 Å². The van der Waals surface area contributed by atoms with E-state index in [9.17, 15) is 4.21 Å². The van der Waals surface area contributed by atoms with Crippen LogP contribution in [0.4, 0.5) is 0 Å². The summed E-state index contributed by atoms with van der Waals surface area (Å²) in [5, 5.41) is 0. The molecule has 2 rings (SSSR count). The monoisotopic (exact) mass is 239 g/mol. The van der Waals surface area contributed by atoms with Gasteiger partial charge in [0.25, 0.3) is 0 Å². The fraction of sp³-hybridized carbons (Fsp3) is 0.538. The average Bonchev–Trinajstić information content (AvgIpc) is 2.36. The van der Waals surface area contributed by atoms with Crippen LogP contribution in [0.25, 0.3) is 0 Å². The first-order chi connectivity index (χ1) is 7.84. The minimum atomic E-state index is -0.561. The molecule has 0 atom stereocenters. The maximum Gasteiger partial charge on any atom is 0.0363 e. The lowest BCUT2D eigenvalue weighted by Gasteiger charge is -2.25. The van der Waals surface area contributed by atoms with Gasteiger partial charge < -0.3 is 0 Å². The van der Waals surface area contributed by atoms with Crippen molar-refractivity contribution in [1.82, 2.24) is 4.90 Å². The molecule has 2 nitrogen and oxygen atoms in total. The van der Waals surface area contributed by atoms with Crippen molar-refractivity contribution in [2.45, 2.75) is 20.4 Å². The lowest BCUT2D eigenvalue weighted by Crippen LogP contribution is -2.37. The number of rotatable bonds is 2. The van der Waals surface area contributed by atoms with Crippen molar-refractivity contribution < 1.29 is 4.21 Å². The molecule has 0 unspecified atom stereocenters. The van der Waals surface area contributed by atoms with Gasteiger partial charge in [0.05, 0.1) is 0 Å². The molecular weight excluding hydrogens is 218 g/mol. The van der Waals surface area contributed by atoms with Crippen LogP contribution >= 0.6 is 0 Å². The Morgan fingerprint density at radius 3 is 2.25 bits per heavy atom. The second-order valence-corrected chi connectivity index (χ2v) is 5.31. The van der Waals surface area contributed by atoms with E-state index in [4.69, 9.17) is 0 Å². The molecule has 3 heteroatoms. The van der Waals surface area contributed by atoms with Crippen LogP contribution in [0.2, 0.25) is 0 Å². The summed E-state index contributed by atoms with van der Waals surface area (Å²) in [5.74, 6) is 1.68. The van der Waals surface area contributed by atoms with Crippen LogP contribution < -0.4 is 0 Å². The molecule has 0 aliphatic carbocycles. The third-order valence-electron chi connectivity index (χ3n) is 2.52. The van der Waals surface area contributed by atoms with Gasteiger partial charge in [-0.3, -0.25) is 9.11 Å². The Morgan fingerprint density at radius 2 is 1.69 bits per heavy atom. The Kier molecular flexibility index (Phi) is 6.34. The molecule has 0 saturated carbocycles. The van der Waals surface area contributed by atoms with Crippen LogP contribution in [0.15, 0.2) is 30.3 Å². The highest BCUT2D eigenvalue weighted by molar-refractivity contribution is 7.85. The smallest absolute Gasteiger partial charge is 0.0363 e. The topological polar surface area (TPSA) is 20.3 Å². The summed E-state index contributed by atoms with van der Waals surface area (Å²) in [7, 11) is -0.561. The first-order valence-corrected chi connectivity index (χ1v) is 7.44. The molecule has 90 valence electrons. The molecule has 0 bridgehead atoms. The summed E-state index contributed by atoms with van der Waals surface area (Å²) in [4.78, 5) is 2.37. The molecule has 1 aliphatic rings. The Morgan fingerprint density at radius 1 is 1.12 bits per heavy atom. The molecule has 0 aromatic heterocycles. The van der Waals surface area contributed by atoms with E-state index < -0.39 is 10.8 Å². The van der Waals surface area contributed by atoms with Crippen LogP contribution in [0.1, 0.15) is 19.4 Å². The Balaban J connectivity index is 0.000000606. The van der Waals surface area contributed by atoms with Crippen molar-refractivity contribution in [3.63, 3.8) is 0 Å². The second-order valence-electron chi connectivity index (χ2n) is 3.61. The molecular formula is C13H21NOS. The summed E-state index contributed by atoms with van der Waals surface area (Å²) < 4.78 is 11.1. The van der Waals surface area contributed by atoms with E-state index in [2.05, 4.69) is 29.2 Å². The van der Waals surface area contributed by atoms with Crippen molar-refractivity contribution >= 4 is 10.8 Å². The van der Waals surface area contributed by atoms with Gasteiger partial charge in [-0.2, -0.15) is 0 Å². The van der Waals surface area contributed by atoms with Crippen molar-refractivity contribution in [3.05, 3.63) is 35.9 Å². The molecule has 1 aromatic carbocycles. The van der Waals surface area contributed by atoms with Gasteiger partial charge in [0.15, 0.2) is 0 Å². The highest BCUT2D eigenvalue weighted by atomic mass is 32.2. The standard InChI is InChI=1S/C11H15NOS.C2H6/c13-14-8-6-12(7-9-14)10-11-4-2-1-3-5-11;1-2/h1-5H,6-10H2;1-2H3. The molecule has 16 heavy (non-hydrogen) atoms. The summed E-state index contributed by atoms with van der Waals surface area (Å²) in [6, 6.07) is 10.5. The first kappa shape index (κ1) is 13.4. The average molecular weight is 239 g/mol. The summed E-state index contributed by atoms with van der Waals surface area (Å²) in [6.07, 6.45) is 0. The molecule has 1 aromatic rings. The van der Waals surface area contributed by atoms with Gasteiger partial charge in [-0.25, -0.2) is 0 Å². The van der Waals surface area contributed by atoms with Crippen molar-refractivity contribution in [1.29, 1.82) is 0 Å². The predicted octanol–water partition coefficient (Wildman–Crippen LogP) is 2.28. The summed E-state index contributed by atoms with van der Waals surface area (Å²) in [5.41, 5.74) is 1.35. The zero-order valence-electron chi connectivity index (χ0n) is 10.2. The van der Waals surface area contributed by atoms with E-state index in [-0.39, 0.29) is 0 Å². The third kappa shape index (κ3) is 4.45. The Labute approximate surface area is 101 Å². The van der Waals surface area contributed by atoms with E-state index >= 15 is 0 Å². The molecule has 0 amide bonds. The maximum atomic E-state index is 11.1. The van der Waals surface area contributed by atoms with Crippen LogP contribution in [0.5, 0.6) is 0 Å². The summed E-state index contributed by atoms with van der Waals surface area (Å²) >= 11 is 0. The number of hydrogen-bond donors (Lipinski definition) is 0. The van der Waals surface area contributed by atoms with Crippen LogP contribution in [-0.4, -0.2) is 33.7 Å². The number of benzene rings is 1. The van der Waals surface area contributed by atoms with Gasteiger partial charge in [-0.05, 0) is 5.56 Å². The molecule has 1 fully saturated rings. The lowest BCUT2D eigenvalue weighted by atomic mass is 10.2. The minimum absolute atomic E-state index is 0.561. The third-order valence-corrected chi connectivity index (χ3v) is 3.80. The number of nitrogens with zero attached hydrogens (tertiary/aromatic N) is 1. The molecule has 1 aliphatic heterocycles. The first-order valence-electron chi connectivity index (χ1n) is 5.96. The summed E-state index contributed by atoms with van der Waals surface area (Å²) in [6.45, 7) is 6.95. The van der Waals surface area contributed by atoms with Crippen molar-refractivity contribution in [2.24, 2.45) is 0 Å². The lowest BCUT2D eigenvalue weighted by molar-refractivity contribution is 0.291. The van der Waals surface area contributed by atoms with E-state index in [1.165, 1.54) is 5.56 Å². The highest BCUT2D eigenvalue weighted by Gasteiger charge is 2.14. The van der Waals surface area contributed by atoms with Crippen molar-refractivity contribution in [2.75, 3.05) is 24.6 Å². The van der Waals surface area contributed by atoms with Crippen molar-refractivity contribution in [3.8, 4) is 0 Å². The van der Waals surface area contributed by atoms with E-state index in [0.29, 0.717) is 0 Å². The Hall–Kier alpha value is -0.670. The molecule has 0 spiro atoms. The van der Waals surface area contributed by atoms with E-state index in [0.717, 1.165) is 31.1 Å². The van der Waals surface area contributed by atoms with Gasteiger partial charge >= 0.3 is 0 Å². The fourth-order valence-corrected chi connectivity index (χ4v) is 2.80. The Bertz CT molecular complexity index is 303. The molecule has 0 radical (unpaired) electrons. The quantitative estimate of drug-likeness (QED) is 0.789. The second kappa shape index (κ2) is 7.58. The van der Waals surface area contributed by atoms with Gasteiger partial charge in [0.1, 0.15) is 0 Å².